The quantitative estimate of drug-likeness (QED) is 0.348. The van der Waals surface area contributed by atoms with Crippen molar-refractivity contribution in [1.82, 2.24) is 10.2 Å². The van der Waals surface area contributed by atoms with Gasteiger partial charge in [-0.05, 0) is 63.5 Å². The SMILES string of the molecule is [C-]#[N+]c1ccc(OC2C(C)(C)C(NC(=O)C34CCC(C(=O)N5CCC(C=O)CC5)(CC3)CC4)C2(C)C)cc1Cl. The number of nitrogens with one attached hydrogen (secondary N) is 1. The first-order valence-electron chi connectivity index (χ1n) is 14.3. The average Bonchev–Trinajstić information content (AvgIpc) is 2.94. The summed E-state index contributed by atoms with van der Waals surface area (Å²) in [6.07, 6.45) is 6.92. The Hall–Kier alpha value is -2.59. The molecule has 1 aliphatic heterocycles. The number of benzene rings is 1. The van der Waals surface area contributed by atoms with Crippen LogP contribution in [-0.4, -0.2) is 48.2 Å². The summed E-state index contributed by atoms with van der Waals surface area (Å²) in [5.74, 6) is 1.06. The van der Waals surface area contributed by atoms with Gasteiger partial charge in [-0.2, -0.15) is 0 Å². The van der Waals surface area contributed by atoms with Crippen LogP contribution in [0.1, 0.15) is 79.1 Å². The molecule has 8 heteroatoms. The van der Waals surface area contributed by atoms with E-state index in [4.69, 9.17) is 22.9 Å². The normalized spacial score (nSPS) is 33.0. The van der Waals surface area contributed by atoms with E-state index in [0.29, 0.717) is 29.5 Å². The fourth-order valence-electron chi connectivity index (χ4n) is 8.29. The van der Waals surface area contributed by atoms with Crippen LogP contribution < -0.4 is 10.1 Å². The number of carbonyl (C=O) groups is 3. The number of aldehydes is 1. The summed E-state index contributed by atoms with van der Waals surface area (Å²) in [4.78, 5) is 43.9. The van der Waals surface area contributed by atoms with Crippen LogP contribution in [0.25, 0.3) is 4.85 Å². The highest BCUT2D eigenvalue weighted by atomic mass is 35.5. The lowest BCUT2D eigenvalue weighted by molar-refractivity contribution is -0.181. The number of amides is 2. The third-order valence-corrected chi connectivity index (χ3v) is 10.9. The van der Waals surface area contributed by atoms with E-state index in [0.717, 1.165) is 57.7 Å². The third-order valence-electron chi connectivity index (χ3n) is 10.6. The molecule has 2 bridgehead atoms. The number of hydrogen-bond acceptors (Lipinski definition) is 4. The smallest absolute Gasteiger partial charge is 0.228 e. The number of likely N-dealkylation sites (tertiary alicyclic amines) is 1. The molecule has 2 amide bonds. The van der Waals surface area contributed by atoms with Gasteiger partial charge in [0.05, 0.1) is 11.6 Å². The van der Waals surface area contributed by atoms with E-state index in [1.54, 1.807) is 18.2 Å². The number of carbonyl (C=O) groups excluding carboxylic acids is 3. The van der Waals surface area contributed by atoms with Crippen molar-refractivity contribution in [2.45, 2.75) is 91.2 Å². The summed E-state index contributed by atoms with van der Waals surface area (Å²) in [7, 11) is 0. The molecule has 1 heterocycles. The van der Waals surface area contributed by atoms with Gasteiger partial charge in [0.15, 0.2) is 0 Å². The van der Waals surface area contributed by atoms with Crippen molar-refractivity contribution in [3.63, 3.8) is 0 Å². The molecule has 210 valence electrons. The molecule has 4 saturated carbocycles. The molecule has 0 radical (unpaired) electrons. The predicted octanol–water partition coefficient (Wildman–Crippen LogP) is 5.97. The Morgan fingerprint density at radius 2 is 1.59 bits per heavy atom. The Morgan fingerprint density at radius 3 is 2.10 bits per heavy atom. The molecule has 1 N–H and O–H groups in total. The van der Waals surface area contributed by atoms with E-state index in [1.165, 1.54) is 0 Å². The highest BCUT2D eigenvalue weighted by Crippen LogP contribution is 2.60. The summed E-state index contributed by atoms with van der Waals surface area (Å²) < 4.78 is 6.39. The zero-order valence-electron chi connectivity index (χ0n) is 23.5. The molecular weight excluding hydrogens is 514 g/mol. The molecule has 5 aliphatic rings. The van der Waals surface area contributed by atoms with Crippen molar-refractivity contribution in [3.8, 4) is 5.75 Å². The largest absolute Gasteiger partial charge is 0.489 e. The van der Waals surface area contributed by atoms with Crippen LogP contribution in [0.4, 0.5) is 5.69 Å². The molecule has 4 aliphatic carbocycles. The molecule has 1 saturated heterocycles. The van der Waals surface area contributed by atoms with Gasteiger partial charge >= 0.3 is 0 Å². The monoisotopic (exact) mass is 553 g/mol. The van der Waals surface area contributed by atoms with E-state index in [9.17, 15) is 14.4 Å². The minimum absolute atomic E-state index is 0.0655. The standard InChI is InChI=1S/C31H40ClN3O4/c1-28(2)24(29(3,4)25(28)39-21-6-7-23(33-5)22(32)18-21)34-26(37)30-10-13-31(14-11-30,15-12-30)27(38)35-16-8-20(19-36)9-17-35/h6-7,18-20,24-25H,8-17H2,1-4H3,(H,34,37). The second kappa shape index (κ2) is 9.80. The predicted molar refractivity (Wildman–Crippen MR) is 150 cm³/mol. The number of hydrogen-bond donors (Lipinski definition) is 1. The first kappa shape index (κ1) is 28.0. The summed E-state index contributed by atoms with van der Waals surface area (Å²) in [5, 5.41) is 3.80. The fraction of sp³-hybridized carbons (Fsp3) is 0.677. The summed E-state index contributed by atoms with van der Waals surface area (Å²) >= 11 is 6.23. The topological polar surface area (TPSA) is 80.1 Å². The van der Waals surface area contributed by atoms with Gasteiger partial charge in [-0.1, -0.05) is 45.4 Å². The van der Waals surface area contributed by atoms with Crippen molar-refractivity contribution < 1.29 is 19.1 Å². The number of nitrogens with zero attached hydrogens (tertiary/aromatic N) is 2. The Kier molecular flexibility index (Phi) is 7.02. The van der Waals surface area contributed by atoms with Gasteiger partial charge < -0.3 is 19.7 Å². The minimum atomic E-state index is -0.409. The molecular formula is C31H40ClN3O4. The Labute approximate surface area is 236 Å². The maximum Gasteiger partial charge on any atom is 0.228 e. The van der Waals surface area contributed by atoms with E-state index < -0.39 is 5.41 Å². The van der Waals surface area contributed by atoms with E-state index in [1.807, 2.05) is 4.90 Å². The molecule has 5 fully saturated rings. The first-order chi connectivity index (χ1) is 18.4. The van der Waals surface area contributed by atoms with Gasteiger partial charge in [-0.3, -0.25) is 9.59 Å². The average molecular weight is 554 g/mol. The van der Waals surface area contributed by atoms with Gasteiger partial charge in [0, 0.05) is 46.7 Å². The second-order valence-electron chi connectivity index (χ2n) is 13.6. The van der Waals surface area contributed by atoms with Crippen LogP contribution in [0.5, 0.6) is 5.75 Å². The lowest BCUT2D eigenvalue weighted by Crippen LogP contribution is -2.75. The number of ether oxygens (including phenoxy) is 1. The Bertz CT molecular complexity index is 1170. The molecule has 0 unspecified atom stereocenters. The van der Waals surface area contributed by atoms with Crippen molar-refractivity contribution in [2.75, 3.05) is 13.1 Å². The summed E-state index contributed by atoms with van der Waals surface area (Å²) in [6, 6.07) is 5.07. The maximum atomic E-state index is 13.9. The number of halogens is 1. The zero-order valence-corrected chi connectivity index (χ0v) is 24.3. The van der Waals surface area contributed by atoms with Crippen LogP contribution in [0.2, 0.25) is 5.02 Å². The molecule has 39 heavy (non-hydrogen) atoms. The molecule has 6 rings (SSSR count). The molecule has 7 nitrogen and oxygen atoms in total. The van der Waals surface area contributed by atoms with Gasteiger partial charge in [0.1, 0.15) is 18.1 Å². The Morgan fingerprint density at radius 1 is 1.03 bits per heavy atom. The van der Waals surface area contributed by atoms with Crippen LogP contribution in [0.3, 0.4) is 0 Å². The number of piperidine rings is 1. The van der Waals surface area contributed by atoms with Gasteiger partial charge in [0.25, 0.3) is 0 Å². The highest BCUT2D eigenvalue weighted by molar-refractivity contribution is 6.33. The van der Waals surface area contributed by atoms with Crippen LogP contribution in [-0.2, 0) is 14.4 Å². The van der Waals surface area contributed by atoms with Crippen molar-refractivity contribution in [1.29, 1.82) is 0 Å². The molecule has 0 spiro atoms. The Balaban J connectivity index is 1.22. The van der Waals surface area contributed by atoms with Crippen LogP contribution in [0.15, 0.2) is 18.2 Å². The van der Waals surface area contributed by atoms with E-state index >= 15 is 0 Å². The summed E-state index contributed by atoms with van der Waals surface area (Å²) in [6.45, 7) is 17.0. The zero-order chi connectivity index (χ0) is 28.2. The van der Waals surface area contributed by atoms with Gasteiger partial charge in [-0.25, -0.2) is 4.85 Å². The maximum absolute atomic E-state index is 13.9. The second-order valence-corrected chi connectivity index (χ2v) is 14.0. The van der Waals surface area contributed by atoms with Crippen molar-refractivity contribution >= 4 is 35.4 Å². The first-order valence-corrected chi connectivity index (χ1v) is 14.7. The van der Waals surface area contributed by atoms with Crippen molar-refractivity contribution in [2.24, 2.45) is 27.6 Å². The van der Waals surface area contributed by atoms with E-state index in [2.05, 4.69) is 37.9 Å². The lowest BCUT2D eigenvalue weighted by atomic mass is 9.48. The number of rotatable bonds is 6. The molecule has 0 aromatic heterocycles. The van der Waals surface area contributed by atoms with Gasteiger partial charge in [-0.15, -0.1) is 0 Å². The number of fused-ring (bicyclic) bond motifs is 3. The third kappa shape index (κ3) is 4.53. The lowest BCUT2D eigenvalue weighted by Gasteiger charge is -2.64. The van der Waals surface area contributed by atoms with Gasteiger partial charge in [0.2, 0.25) is 17.5 Å². The minimum Gasteiger partial charge on any atom is -0.489 e. The fourth-order valence-corrected chi connectivity index (χ4v) is 8.51. The van der Waals surface area contributed by atoms with Crippen molar-refractivity contribution in [3.05, 3.63) is 34.6 Å². The van der Waals surface area contributed by atoms with Crippen LogP contribution in [0, 0.1) is 34.2 Å². The highest BCUT2D eigenvalue weighted by Gasteiger charge is 2.65. The summed E-state index contributed by atoms with van der Waals surface area (Å²) in [5.41, 5.74) is -0.967. The molecule has 1 aromatic carbocycles. The molecule has 1 aromatic rings. The molecule has 0 atom stereocenters. The van der Waals surface area contributed by atoms with E-state index in [-0.39, 0.29) is 46.1 Å². The van der Waals surface area contributed by atoms with Crippen LogP contribution >= 0.6 is 11.6 Å².